The molecule has 2 aromatic rings. The molecule has 0 N–H and O–H groups in total. The number of benzene rings is 1. The summed E-state index contributed by atoms with van der Waals surface area (Å²) in [6, 6.07) is 4.30. The summed E-state index contributed by atoms with van der Waals surface area (Å²) in [7, 11) is 0. The molecule has 1 aliphatic rings. The topological polar surface area (TPSA) is 34.9 Å². The van der Waals surface area contributed by atoms with Gasteiger partial charge in [-0.3, -0.25) is 9.36 Å². The van der Waals surface area contributed by atoms with E-state index >= 15 is 0 Å². The van der Waals surface area contributed by atoms with E-state index in [-0.39, 0.29) is 37.3 Å². The molecule has 1 saturated carbocycles. The molecule has 1 fully saturated rings. The van der Waals surface area contributed by atoms with E-state index in [4.69, 9.17) is 0 Å². The Labute approximate surface area is 146 Å². The Balaban J connectivity index is 2.00. The van der Waals surface area contributed by atoms with Crippen molar-refractivity contribution in [3.63, 3.8) is 0 Å². The van der Waals surface area contributed by atoms with E-state index in [0.717, 1.165) is 16.7 Å². The Kier molecular flexibility index (Phi) is 4.86. The summed E-state index contributed by atoms with van der Waals surface area (Å²) in [5, 5.41) is 0. The Hall–Kier alpha value is -2.25. The number of nitrogens with zero attached hydrogens (tertiary/aromatic N) is 2. The van der Waals surface area contributed by atoms with Crippen molar-refractivity contribution < 1.29 is 22.0 Å². The first-order chi connectivity index (χ1) is 12.2. The summed E-state index contributed by atoms with van der Waals surface area (Å²) in [4.78, 5) is 16.8. The molecule has 0 bridgehead atoms. The number of hydrogen-bond acceptors (Lipinski definition) is 2. The van der Waals surface area contributed by atoms with Gasteiger partial charge in [0.25, 0.3) is 5.56 Å². The lowest BCUT2D eigenvalue weighted by Gasteiger charge is -2.30. The van der Waals surface area contributed by atoms with E-state index in [1.165, 1.54) is 12.1 Å². The van der Waals surface area contributed by atoms with Gasteiger partial charge in [-0.2, -0.15) is 13.2 Å². The van der Waals surface area contributed by atoms with Crippen molar-refractivity contribution in [2.75, 3.05) is 0 Å². The van der Waals surface area contributed by atoms with E-state index in [0.29, 0.717) is 11.5 Å². The van der Waals surface area contributed by atoms with E-state index < -0.39 is 29.3 Å². The normalized spacial score (nSPS) is 21.0. The van der Waals surface area contributed by atoms with E-state index in [1.54, 1.807) is 6.92 Å². The molecule has 26 heavy (non-hydrogen) atoms. The van der Waals surface area contributed by atoms with Crippen LogP contribution in [0.25, 0.3) is 5.69 Å². The maximum absolute atomic E-state index is 13.6. The fraction of sp³-hybridized carbons (Fsp3) is 0.444. The molecular formula is C18H17F5N2O. The van der Waals surface area contributed by atoms with Gasteiger partial charge < -0.3 is 0 Å². The maximum Gasteiger partial charge on any atom is 0.391 e. The van der Waals surface area contributed by atoms with Gasteiger partial charge in [-0.15, -0.1) is 0 Å². The lowest BCUT2D eigenvalue weighted by atomic mass is 9.81. The van der Waals surface area contributed by atoms with Gasteiger partial charge in [0.1, 0.15) is 5.82 Å². The van der Waals surface area contributed by atoms with E-state index in [9.17, 15) is 26.7 Å². The summed E-state index contributed by atoms with van der Waals surface area (Å²) in [5.41, 5.74) is 0.0626. The number of aromatic nitrogens is 2. The summed E-state index contributed by atoms with van der Waals surface area (Å²) in [5.74, 6) is -3.57. The van der Waals surface area contributed by atoms with Crippen molar-refractivity contribution in [3.8, 4) is 5.69 Å². The third kappa shape index (κ3) is 3.64. The summed E-state index contributed by atoms with van der Waals surface area (Å²) in [6.45, 7) is 1.61. The fourth-order valence-electron chi connectivity index (χ4n) is 3.46. The lowest BCUT2D eigenvalue weighted by molar-refractivity contribution is -0.182. The fourth-order valence-corrected chi connectivity index (χ4v) is 3.46. The average molecular weight is 372 g/mol. The molecule has 3 nitrogen and oxygen atoms in total. The van der Waals surface area contributed by atoms with Gasteiger partial charge >= 0.3 is 6.18 Å². The standard InChI is InChI=1S/C18H17F5N2O/c1-10-8-16(26)25(13-6-7-14(19)15(20)9-13)17(24-10)11-2-4-12(5-3-11)18(21,22)23/h6-9,11-12H,2-5H2,1H3. The first-order valence-corrected chi connectivity index (χ1v) is 8.29. The Bertz CT molecular complexity index is 867. The Morgan fingerprint density at radius 1 is 1.04 bits per heavy atom. The highest BCUT2D eigenvalue weighted by molar-refractivity contribution is 5.35. The Morgan fingerprint density at radius 3 is 2.27 bits per heavy atom. The van der Waals surface area contributed by atoms with Crippen LogP contribution >= 0.6 is 0 Å². The number of hydrogen-bond donors (Lipinski definition) is 0. The van der Waals surface area contributed by atoms with Crippen molar-refractivity contribution >= 4 is 0 Å². The monoisotopic (exact) mass is 372 g/mol. The highest BCUT2D eigenvalue weighted by atomic mass is 19.4. The van der Waals surface area contributed by atoms with Gasteiger partial charge in [-0.05, 0) is 44.7 Å². The molecule has 0 unspecified atom stereocenters. The summed E-state index contributed by atoms with van der Waals surface area (Å²) >= 11 is 0. The predicted molar refractivity (Wildman–Crippen MR) is 85.2 cm³/mol. The summed E-state index contributed by atoms with van der Waals surface area (Å²) < 4.78 is 66.6. The van der Waals surface area contributed by atoms with Gasteiger partial charge in [0, 0.05) is 23.7 Å². The van der Waals surface area contributed by atoms with Crippen LogP contribution in [0.2, 0.25) is 0 Å². The molecule has 3 rings (SSSR count). The summed E-state index contributed by atoms with van der Waals surface area (Å²) in [6.07, 6.45) is -3.87. The van der Waals surface area contributed by atoms with Crippen LogP contribution in [-0.4, -0.2) is 15.7 Å². The minimum Gasteiger partial charge on any atom is -0.269 e. The third-order valence-corrected chi connectivity index (χ3v) is 4.79. The van der Waals surface area contributed by atoms with Gasteiger partial charge in [0.05, 0.1) is 11.6 Å². The molecule has 1 aliphatic carbocycles. The predicted octanol–water partition coefficient (Wildman–Crippen LogP) is 4.66. The molecule has 1 heterocycles. The van der Waals surface area contributed by atoms with Crippen LogP contribution in [0.5, 0.6) is 0 Å². The second kappa shape index (κ2) is 6.81. The zero-order chi connectivity index (χ0) is 19.1. The smallest absolute Gasteiger partial charge is 0.269 e. The van der Waals surface area contributed by atoms with Crippen LogP contribution in [-0.2, 0) is 0 Å². The first-order valence-electron chi connectivity index (χ1n) is 8.29. The molecule has 0 saturated heterocycles. The van der Waals surface area contributed by atoms with Crippen molar-refractivity contribution in [2.24, 2.45) is 5.92 Å². The lowest BCUT2D eigenvalue weighted by Crippen LogP contribution is -2.31. The molecule has 0 radical (unpaired) electrons. The molecular weight excluding hydrogens is 355 g/mol. The zero-order valence-corrected chi connectivity index (χ0v) is 14.0. The SMILES string of the molecule is Cc1cc(=O)n(-c2ccc(F)c(F)c2)c(C2CCC(C(F)(F)F)CC2)n1. The first kappa shape index (κ1) is 18.5. The molecule has 0 spiro atoms. The molecule has 8 heteroatoms. The van der Waals surface area contributed by atoms with Crippen molar-refractivity contribution in [2.45, 2.75) is 44.7 Å². The van der Waals surface area contributed by atoms with Crippen molar-refractivity contribution in [3.05, 3.63) is 57.8 Å². The van der Waals surface area contributed by atoms with Gasteiger partial charge in [-0.25, -0.2) is 13.8 Å². The number of aryl methyl sites for hydroxylation is 1. The molecule has 0 atom stereocenters. The highest BCUT2D eigenvalue weighted by Crippen LogP contribution is 2.42. The van der Waals surface area contributed by atoms with E-state index in [2.05, 4.69) is 4.98 Å². The van der Waals surface area contributed by atoms with E-state index in [1.807, 2.05) is 0 Å². The number of halogens is 5. The Morgan fingerprint density at radius 2 is 1.69 bits per heavy atom. The molecule has 1 aromatic carbocycles. The molecule has 1 aromatic heterocycles. The van der Waals surface area contributed by atoms with Crippen molar-refractivity contribution in [1.29, 1.82) is 0 Å². The maximum atomic E-state index is 13.6. The quantitative estimate of drug-likeness (QED) is 0.719. The minimum absolute atomic E-state index is 0.0459. The van der Waals surface area contributed by atoms with Crippen molar-refractivity contribution in [1.82, 2.24) is 9.55 Å². The van der Waals surface area contributed by atoms with Crippen LogP contribution in [0.3, 0.4) is 0 Å². The van der Waals surface area contributed by atoms with Gasteiger partial charge in [0.15, 0.2) is 11.6 Å². The molecule has 0 amide bonds. The van der Waals surface area contributed by atoms with Gasteiger partial charge in [0.2, 0.25) is 0 Å². The minimum atomic E-state index is -4.23. The average Bonchev–Trinajstić information content (AvgIpc) is 2.56. The van der Waals surface area contributed by atoms with Gasteiger partial charge in [-0.1, -0.05) is 0 Å². The van der Waals surface area contributed by atoms with Crippen LogP contribution in [0, 0.1) is 24.5 Å². The third-order valence-electron chi connectivity index (χ3n) is 4.79. The number of rotatable bonds is 2. The second-order valence-electron chi connectivity index (χ2n) is 6.62. The van der Waals surface area contributed by atoms with Crippen LogP contribution in [0.4, 0.5) is 22.0 Å². The molecule has 140 valence electrons. The highest BCUT2D eigenvalue weighted by Gasteiger charge is 2.42. The largest absolute Gasteiger partial charge is 0.391 e. The van der Waals surface area contributed by atoms with Crippen LogP contribution in [0.1, 0.15) is 43.1 Å². The van der Waals surface area contributed by atoms with Crippen LogP contribution in [0.15, 0.2) is 29.1 Å². The molecule has 0 aliphatic heterocycles. The zero-order valence-electron chi connectivity index (χ0n) is 14.0. The number of alkyl halides is 3. The second-order valence-corrected chi connectivity index (χ2v) is 6.62. The van der Waals surface area contributed by atoms with Crippen LogP contribution < -0.4 is 5.56 Å².